The maximum absolute atomic E-state index is 13.8. The molecule has 2 fully saturated rings. The van der Waals surface area contributed by atoms with Crippen molar-refractivity contribution in [1.82, 2.24) is 15.5 Å². The van der Waals surface area contributed by atoms with E-state index in [1.165, 1.54) is 6.07 Å². The summed E-state index contributed by atoms with van der Waals surface area (Å²) >= 11 is 1.97. The second kappa shape index (κ2) is 10.8. The van der Waals surface area contributed by atoms with Crippen LogP contribution in [0.2, 0.25) is 0 Å². The number of nitrogens with one attached hydrogen (secondary N) is 2. The van der Waals surface area contributed by atoms with Gasteiger partial charge >= 0.3 is 0 Å². The highest BCUT2D eigenvalue weighted by atomic mass is 127. The van der Waals surface area contributed by atoms with E-state index in [-0.39, 0.29) is 41.6 Å². The van der Waals surface area contributed by atoms with Crippen molar-refractivity contribution >= 4 is 41.7 Å². The molecule has 152 valence electrons. The van der Waals surface area contributed by atoms with Crippen molar-refractivity contribution in [2.24, 2.45) is 4.99 Å². The van der Waals surface area contributed by atoms with E-state index in [0.29, 0.717) is 5.96 Å². The number of nitrogens with zero attached hydrogens (tertiary/aromatic N) is 2. The topological polar surface area (TPSA) is 48.9 Å². The summed E-state index contributed by atoms with van der Waals surface area (Å²) in [6, 6.07) is 3.47. The van der Waals surface area contributed by atoms with Crippen molar-refractivity contribution in [3.05, 3.63) is 35.4 Å². The van der Waals surface area contributed by atoms with Gasteiger partial charge in [0.15, 0.2) is 5.96 Å². The van der Waals surface area contributed by atoms with E-state index in [9.17, 15) is 8.78 Å². The number of hydrogen-bond donors (Lipinski definition) is 2. The number of halogens is 3. The number of ether oxygens (including phenoxy) is 1. The average Bonchev–Trinajstić information content (AvgIpc) is 3.15. The van der Waals surface area contributed by atoms with E-state index in [1.807, 2.05) is 11.8 Å². The molecule has 1 atom stereocenters. The van der Waals surface area contributed by atoms with Crippen LogP contribution in [0.15, 0.2) is 23.2 Å². The molecule has 0 amide bonds. The lowest BCUT2D eigenvalue weighted by Crippen LogP contribution is -2.60. The van der Waals surface area contributed by atoms with Crippen molar-refractivity contribution < 1.29 is 13.5 Å². The van der Waals surface area contributed by atoms with E-state index in [2.05, 4.69) is 20.5 Å². The van der Waals surface area contributed by atoms with Crippen LogP contribution in [0.5, 0.6) is 0 Å². The molecule has 1 aromatic rings. The third-order valence-electron chi connectivity index (χ3n) is 5.03. The fourth-order valence-electron chi connectivity index (χ4n) is 3.46. The van der Waals surface area contributed by atoms with Crippen LogP contribution in [0.1, 0.15) is 12.0 Å². The fourth-order valence-corrected chi connectivity index (χ4v) is 4.94. The largest absolute Gasteiger partial charge is 0.379 e. The van der Waals surface area contributed by atoms with Crippen LogP contribution in [0, 0.1) is 11.6 Å². The molecule has 1 aromatic carbocycles. The Bertz CT molecular complexity index is 638. The van der Waals surface area contributed by atoms with Crippen LogP contribution in [-0.4, -0.2) is 67.8 Å². The first-order valence-electron chi connectivity index (χ1n) is 8.92. The smallest absolute Gasteiger partial charge is 0.191 e. The number of hydrogen-bond acceptors (Lipinski definition) is 4. The van der Waals surface area contributed by atoms with Crippen molar-refractivity contribution in [2.75, 3.05) is 51.4 Å². The quantitative estimate of drug-likeness (QED) is 0.361. The van der Waals surface area contributed by atoms with Crippen LogP contribution in [0.3, 0.4) is 0 Å². The third kappa shape index (κ3) is 5.91. The second-order valence-corrected chi connectivity index (χ2v) is 7.75. The SMILES string of the molecule is CN=C(NCc1cc(F)ccc1F)NCC1(N2CCOCC2)CCSC1.I. The molecule has 2 heterocycles. The minimum Gasteiger partial charge on any atom is -0.379 e. The van der Waals surface area contributed by atoms with Crippen molar-refractivity contribution in [2.45, 2.75) is 18.5 Å². The van der Waals surface area contributed by atoms with Gasteiger partial charge in [-0.2, -0.15) is 11.8 Å². The number of thioether (sulfide) groups is 1. The van der Waals surface area contributed by atoms with Crippen LogP contribution in [-0.2, 0) is 11.3 Å². The molecule has 0 saturated carbocycles. The van der Waals surface area contributed by atoms with Gasteiger partial charge in [-0.1, -0.05) is 0 Å². The Balaban J connectivity index is 0.00000261. The molecule has 1 unspecified atom stereocenters. The Kier molecular flexibility index (Phi) is 9.03. The maximum Gasteiger partial charge on any atom is 0.191 e. The van der Waals surface area contributed by atoms with Gasteiger partial charge < -0.3 is 15.4 Å². The Morgan fingerprint density at radius 2 is 2.07 bits per heavy atom. The van der Waals surface area contributed by atoms with Gasteiger partial charge in [-0.15, -0.1) is 24.0 Å². The molecule has 27 heavy (non-hydrogen) atoms. The zero-order valence-corrected chi connectivity index (χ0v) is 18.6. The number of guanidine groups is 1. The molecule has 2 aliphatic heterocycles. The van der Waals surface area contributed by atoms with Gasteiger partial charge in [0.2, 0.25) is 0 Å². The summed E-state index contributed by atoms with van der Waals surface area (Å²) < 4.78 is 32.6. The lowest BCUT2D eigenvalue weighted by molar-refractivity contribution is -0.0120. The van der Waals surface area contributed by atoms with Crippen LogP contribution in [0.4, 0.5) is 8.78 Å². The Morgan fingerprint density at radius 3 is 2.74 bits per heavy atom. The Labute approximate surface area is 180 Å². The maximum atomic E-state index is 13.8. The van der Waals surface area contributed by atoms with Gasteiger partial charge in [0, 0.05) is 50.1 Å². The summed E-state index contributed by atoms with van der Waals surface area (Å²) in [6.45, 7) is 4.40. The first-order chi connectivity index (χ1) is 12.6. The number of aliphatic imine (C=N–C) groups is 1. The van der Waals surface area contributed by atoms with Crippen LogP contribution in [0.25, 0.3) is 0 Å². The predicted octanol–water partition coefficient (Wildman–Crippen LogP) is 2.46. The summed E-state index contributed by atoms with van der Waals surface area (Å²) in [4.78, 5) is 6.74. The molecule has 5 nitrogen and oxygen atoms in total. The van der Waals surface area contributed by atoms with Gasteiger partial charge in [0.25, 0.3) is 0 Å². The molecule has 9 heteroatoms. The van der Waals surface area contributed by atoms with Crippen LogP contribution < -0.4 is 10.6 Å². The first-order valence-corrected chi connectivity index (χ1v) is 10.1. The standard InChI is InChI=1S/C18H26F2N4OS.HI/c1-21-17(22-11-14-10-15(19)2-3-16(14)20)23-12-18(4-9-26-13-18)24-5-7-25-8-6-24;/h2-3,10H,4-9,11-13H2,1H3,(H2,21,22,23);1H. The zero-order chi connectivity index (χ0) is 18.4. The summed E-state index contributed by atoms with van der Waals surface area (Å²) in [6.07, 6.45) is 1.13. The molecule has 3 rings (SSSR count). The molecule has 2 aliphatic rings. The van der Waals surface area contributed by atoms with E-state index in [1.54, 1.807) is 7.05 Å². The Hall–Kier alpha value is -0.650. The average molecular weight is 512 g/mol. The monoisotopic (exact) mass is 512 g/mol. The molecule has 0 bridgehead atoms. The zero-order valence-electron chi connectivity index (χ0n) is 15.5. The van der Waals surface area contributed by atoms with Gasteiger partial charge in [0.1, 0.15) is 11.6 Å². The summed E-state index contributed by atoms with van der Waals surface area (Å²) in [7, 11) is 1.68. The lowest BCUT2D eigenvalue weighted by Gasteiger charge is -2.43. The van der Waals surface area contributed by atoms with Crippen molar-refractivity contribution in [1.29, 1.82) is 0 Å². The Morgan fingerprint density at radius 1 is 1.30 bits per heavy atom. The van der Waals surface area contributed by atoms with E-state index < -0.39 is 11.6 Å². The predicted molar refractivity (Wildman–Crippen MR) is 117 cm³/mol. The van der Waals surface area contributed by atoms with Crippen LogP contribution >= 0.6 is 35.7 Å². The minimum atomic E-state index is -0.444. The fraction of sp³-hybridized carbons (Fsp3) is 0.611. The summed E-state index contributed by atoms with van der Waals surface area (Å²) in [5.74, 6) is 1.96. The third-order valence-corrected chi connectivity index (χ3v) is 6.26. The van der Waals surface area contributed by atoms with E-state index in [4.69, 9.17) is 4.74 Å². The highest BCUT2D eigenvalue weighted by Gasteiger charge is 2.40. The molecule has 0 aromatic heterocycles. The molecular formula is C18H27F2IN4OS. The van der Waals surface area contributed by atoms with Crippen molar-refractivity contribution in [3.63, 3.8) is 0 Å². The second-order valence-electron chi connectivity index (χ2n) is 6.64. The molecule has 0 spiro atoms. The lowest BCUT2D eigenvalue weighted by atomic mass is 9.95. The van der Waals surface area contributed by atoms with Gasteiger partial charge in [-0.3, -0.25) is 9.89 Å². The summed E-state index contributed by atoms with van der Waals surface area (Å²) in [5.41, 5.74) is 0.378. The first kappa shape index (κ1) is 22.6. The molecule has 2 N–H and O–H groups in total. The van der Waals surface area contributed by atoms with Gasteiger partial charge in [-0.05, 0) is 30.4 Å². The normalized spacial score (nSPS) is 23.7. The number of benzene rings is 1. The van der Waals surface area contributed by atoms with Gasteiger partial charge in [-0.25, -0.2) is 8.78 Å². The molecular weight excluding hydrogens is 485 g/mol. The molecule has 2 saturated heterocycles. The molecule has 0 radical (unpaired) electrons. The molecule has 0 aliphatic carbocycles. The number of rotatable bonds is 5. The minimum absolute atomic E-state index is 0. The number of morpholine rings is 1. The van der Waals surface area contributed by atoms with E-state index >= 15 is 0 Å². The highest BCUT2D eigenvalue weighted by Crippen LogP contribution is 2.33. The summed E-state index contributed by atoms with van der Waals surface area (Å²) in [5, 5.41) is 6.46. The highest BCUT2D eigenvalue weighted by molar-refractivity contribution is 14.0. The van der Waals surface area contributed by atoms with Crippen molar-refractivity contribution in [3.8, 4) is 0 Å². The van der Waals surface area contributed by atoms with Gasteiger partial charge in [0.05, 0.1) is 13.2 Å². The van der Waals surface area contributed by atoms with E-state index in [0.717, 1.165) is 62.9 Å².